The summed E-state index contributed by atoms with van der Waals surface area (Å²) in [7, 11) is 3.22. The van der Waals surface area contributed by atoms with Crippen molar-refractivity contribution in [1.82, 2.24) is 10.1 Å². The third kappa shape index (κ3) is 4.16. The number of hydrogen-bond donors (Lipinski definition) is 1. The van der Waals surface area contributed by atoms with E-state index in [-0.39, 0.29) is 6.04 Å². The van der Waals surface area contributed by atoms with Crippen molar-refractivity contribution < 1.29 is 14.0 Å². The lowest BCUT2D eigenvalue weighted by molar-refractivity contribution is 0.350. The van der Waals surface area contributed by atoms with Crippen LogP contribution in [-0.4, -0.2) is 24.4 Å². The molecule has 0 aliphatic heterocycles. The van der Waals surface area contributed by atoms with Crippen LogP contribution in [-0.2, 0) is 12.8 Å². The molecule has 2 N–H and O–H groups in total. The fraction of sp³-hybridized carbons (Fsp3) is 0.263. The van der Waals surface area contributed by atoms with E-state index in [9.17, 15) is 0 Å². The van der Waals surface area contributed by atoms with E-state index in [1.165, 1.54) is 0 Å². The van der Waals surface area contributed by atoms with Crippen molar-refractivity contribution in [2.24, 2.45) is 5.73 Å². The van der Waals surface area contributed by atoms with Gasteiger partial charge in [0, 0.05) is 6.42 Å². The molecular weight excluding hydrogens is 318 g/mol. The largest absolute Gasteiger partial charge is 0.493 e. The summed E-state index contributed by atoms with van der Waals surface area (Å²) in [6.07, 6.45) is 1.18. The number of ether oxygens (including phenoxy) is 2. The maximum atomic E-state index is 6.18. The monoisotopic (exact) mass is 339 g/mol. The molecule has 6 heteroatoms. The van der Waals surface area contributed by atoms with Crippen LogP contribution in [0.2, 0.25) is 0 Å². The van der Waals surface area contributed by atoms with Gasteiger partial charge in [0.1, 0.15) is 0 Å². The van der Waals surface area contributed by atoms with E-state index >= 15 is 0 Å². The predicted molar refractivity (Wildman–Crippen MR) is 93.7 cm³/mol. The Balaban J connectivity index is 1.69. The number of aromatic nitrogens is 2. The second kappa shape index (κ2) is 7.81. The summed E-state index contributed by atoms with van der Waals surface area (Å²) in [5.41, 5.74) is 8.32. The highest BCUT2D eigenvalue weighted by molar-refractivity contribution is 5.43. The lowest BCUT2D eigenvalue weighted by atomic mass is 10.1. The van der Waals surface area contributed by atoms with Gasteiger partial charge >= 0.3 is 0 Å². The number of nitrogens with two attached hydrogens (primary N) is 1. The molecule has 3 rings (SSSR count). The van der Waals surface area contributed by atoms with Gasteiger partial charge in [-0.05, 0) is 29.7 Å². The van der Waals surface area contributed by atoms with E-state index < -0.39 is 0 Å². The fourth-order valence-corrected chi connectivity index (χ4v) is 2.62. The van der Waals surface area contributed by atoms with Gasteiger partial charge in [-0.3, -0.25) is 0 Å². The van der Waals surface area contributed by atoms with E-state index in [0.717, 1.165) is 11.1 Å². The Morgan fingerprint density at radius 2 is 1.76 bits per heavy atom. The molecule has 1 unspecified atom stereocenters. The van der Waals surface area contributed by atoms with Crippen LogP contribution in [0.5, 0.6) is 11.5 Å². The van der Waals surface area contributed by atoms with Gasteiger partial charge in [0.05, 0.1) is 20.3 Å². The average Bonchev–Trinajstić information content (AvgIpc) is 3.11. The molecule has 25 heavy (non-hydrogen) atoms. The van der Waals surface area contributed by atoms with Crippen LogP contribution >= 0.6 is 0 Å². The zero-order valence-corrected chi connectivity index (χ0v) is 14.3. The minimum atomic E-state index is -0.325. The molecule has 1 atom stereocenters. The summed E-state index contributed by atoms with van der Waals surface area (Å²) in [5, 5.41) is 4.03. The summed E-state index contributed by atoms with van der Waals surface area (Å²) in [4.78, 5) is 4.42. The molecule has 0 amide bonds. The van der Waals surface area contributed by atoms with Crippen molar-refractivity contribution >= 4 is 0 Å². The minimum Gasteiger partial charge on any atom is -0.493 e. The van der Waals surface area contributed by atoms with Crippen LogP contribution in [0, 0.1) is 0 Å². The molecule has 0 aliphatic carbocycles. The average molecular weight is 339 g/mol. The standard InChI is InChI=1S/C19H21N3O3/c1-23-16-9-8-14(11-17(16)24-2)12-18-21-19(25-22-18)15(20)10-13-6-4-3-5-7-13/h3-9,11,15H,10,12,20H2,1-2H3. The third-order valence-electron chi connectivity index (χ3n) is 3.91. The summed E-state index contributed by atoms with van der Waals surface area (Å²) in [5.74, 6) is 2.39. The zero-order valence-electron chi connectivity index (χ0n) is 14.3. The van der Waals surface area contributed by atoms with Crippen LogP contribution in [0.3, 0.4) is 0 Å². The van der Waals surface area contributed by atoms with Crippen molar-refractivity contribution in [3.8, 4) is 11.5 Å². The Bertz CT molecular complexity index is 818. The van der Waals surface area contributed by atoms with Gasteiger partial charge in [-0.25, -0.2) is 0 Å². The molecule has 2 aromatic carbocycles. The predicted octanol–water partition coefficient (Wildman–Crippen LogP) is 2.92. The third-order valence-corrected chi connectivity index (χ3v) is 3.91. The Hall–Kier alpha value is -2.86. The molecule has 0 radical (unpaired) electrons. The maximum absolute atomic E-state index is 6.18. The molecule has 1 aromatic heterocycles. The van der Waals surface area contributed by atoms with Gasteiger partial charge in [-0.15, -0.1) is 0 Å². The Labute approximate surface area is 146 Å². The second-order valence-electron chi connectivity index (χ2n) is 5.71. The van der Waals surface area contributed by atoms with Crippen LogP contribution in [0.25, 0.3) is 0 Å². The summed E-state index contributed by atoms with van der Waals surface area (Å²) in [6.45, 7) is 0. The highest BCUT2D eigenvalue weighted by Gasteiger charge is 2.16. The first-order valence-corrected chi connectivity index (χ1v) is 8.02. The molecule has 0 fully saturated rings. The molecule has 0 aliphatic rings. The van der Waals surface area contributed by atoms with Crippen molar-refractivity contribution in [3.63, 3.8) is 0 Å². The smallest absolute Gasteiger partial charge is 0.243 e. The molecule has 0 bridgehead atoms. The van der Waals surface area contributed by atoms with Crippen LogP contribution in [0.1, 0.15) is 28.9 Å². The van der Waals surface area contributed by atoms with Crippen molar-refractivity contribution in [3.05, 3.63) is 71.4 Å². The molecule has 0 saturated carbocycles. The van der Waals surface area contributed by atoms with Gasteiger partial charge in [0.2, 0.25) is 5.89 Å². The highest BCUT2D eigenvalue weighted by Crippen LogP contribution is 2.28. The first-order valence-electron chi connectivity index (χ1n) is 8.02. The topological polar surface area (TPSA) is 83.4 Å². The second-order valence-corrected chi connectivity index (χ2v) is 5.71. The van der Waals surface area contributed by atoms with Crippen LogP contribution in [0.4, 0.5) is 0 Å². The lowest BCUT2D eigenvalue weighted by Crippen LogP contribution is -2.13. The Morgan fingerprint density at radius 1 is 1.00 bits per heavy atom. The molecular formula is C19H21N3O3. The number of hydrogen-bond acceptors (Lipinski definition) is 6. The summed E-state index contributed by atoms with van der Waals surface area (Å²) >= 11 is 0. The zero-order chi connectivity index (χ0) is 17.6. The van der Waals surface area contributed by atoms with Crippen molar-refractivity contribution in [2.75, 3.05) is 14.2 Å². The van der Waals surface area contributed by atoms with E-state index in [4.69, 9.17) is 19.7 Å². The van der Waals surface area contributed by atoms with Crippen LogP contribution < -0.4 is 15.2 Å². The molecule has 3 aromatic rings. The lowest BCUT2D eigenvalue weighted by Gasteiger charge is -2.08. The number of benzene rings is 2. The van der Waals surface area contributed by atoms with Crippen LogP contribution in [0.15, 0.2) is 53.1 Å². The quantitative estimate of drug-likeness (QED) is 0.712. The molecule has 130 valence electrons. The maximum Gasteiger partial charge on any atom is 0.243 e. The van der Waals surface area contributed by atoms with Gasteiger partial charge < -0.3 is 19.7 Å². The van der Waals surface area contributed by atoms with E-state index in [1.54, 1.807) is 14.2 Å². The summed E-state index contributed by atoms with van der Waals surface area (Å²) in [6, 6.07) is 15.4. The normalized spacial score (nSPS) is 12.0. The minimum absolute atomic E-state index is 0.325. The molecule has 1 heterocycles. The molecule has 0 saturated heterocycles. The van der Waals surface area contributed by atoms with Gasteiger partial charge in [-0.2, -0.15) is 4.98 Å². The Morgan fingerprint density at radius 3 is 2.48 bits per heavy atom. The van der Waals surface area contributed by atoms with E-state index in [1.807, 2.05) is 48.5 Å². The first-order chi connectivity index (χ1) is 12.2. The van der Waals surface area contributed by atoms with Crippen molar-refractivity contribution in [2.45, 2.75) is 18.9 Å². The number of nitrogens with zero attached hydrogens (tertiary/aromatic N) is 2. The van der Waals surface area contributed by atoms with Crippen molar-refractivity contribution in [1.29, 1.82) is 0 Å². The van der Waals surface area contributed by atoms with E-state index in [2.05, 4.69) is 10.1 Å². The number of methoxy groups -OCH3 is 2. The number of rotatable bonds is 7. The van der Waals surface area contributed by atoms with Gasteiger partial charge in [-0.1, -0.05) is 41.6 Å². The molecule has 6 nitrogen and oxygen atoms in total. The highest BCUT2D eigenvalue weighted by atomic mass is 16.5. The van der Waals surface area contributed by atoms with Gasteiger partial charge in [0.25, 0.3) is 0 Å². The van der Waals surface area contributed by atoms with Gasteiger partial charge in [0.15, 0.2) is 17.3 Å². The summed E-state index contributed by atoms with van der Waals surface area (Å²) < 4.78 is 15.9. The fourth-order valence-electron chi connectivity index (χ4n) is 2.62. The SMILES string of the molecule is COc1ccc(Cc2noc(C(N)Cc3ccccc3)n2)cc1OC. The van der Waals surface area contributed by atoms with E-state index in [0.29, 0.717) is 36.1 Å². The first kappa shape index (κ1) is 17.0. The Kier molecular flexibility index (Phi) is 5.30. The molecule has 0 spiro atoms.